The molecule has 0 aromatic rings. The van der Waals surface area contributed by atoms with E-state index in [0.717, 1.165) is 11.8 Å². The highest BCUT2D eigenvalue weighted by molar-refractivity contribution is 8.14. The molecule has 2 fully saturated rings. The second-order valence-corrected chi connectivity index (χ2v) is 12.8. The molecule has 1 heterocycles. The number of alkyl halides is 2. The zero-order valence-corrected chi connectivity index (χ0v) is 25.4. The molecular weight excluding hydrogens is 566 g/mol. The number of esters is 1. The highest BCUT2D eigenvalue weighted by Crippen LogP contribution is 2.67. The molecule has 0 aromatic carbocycles. The smallest absolute Gasteiger partial charge is 0.374 e. The van der Waals surface area contributed by atoms with Crippen molar-refractivity contribution in [2.24, 2.45) is 23.2 Å². The average molecular weight is 607 g/mol. The fourth-order valence-corrected chi connectivity index (χ4v) is 8.59. The molecule has 0 amide bonds. The van der Waals surface area contributed by atoms with E-state index in [2.05, 4.69) is 11.8 Å². The Kier molecular flexibility index (Phi) is 10.1. The van der Waals surface area contributed by atoms with Gasteiger partial charge in [-0.3, -0.25) is 9.59 Å². The van der Waals surface area contributed by atoms with Crippen LogP contribution in [0.4, 0.5) is 8.78 Å². The van der Waals surface area contributed by atoms with Gasteiger partial charge in [-0.25, -0.2) is 13.6 Å². The van der Waals surface area contributed by atoms with E-state index in [1.54, 1.807) is 32.9 Å². The molecule has 0 radical (unpaired) electrons. The van der Waals surface area contributed by atoms with Crippen molar-refractivity contribution in [3.63, 3.8) is 0 Å². The molecule has 4 unspecified atom stereocenters. The van der Waals surface area contributed by atoms with Crippen LogP contribution in [0.5, 0.6) is 0 Å². The summed E-state index contributed by atoms with van der Waals surface area (Å²) in [6.45, 7) is 5.66. The molecule has 4 rings (SSSR count). The number of rotatable bonds is 9. The Balaban J connectivity index is 1.75. The summed E-state index contributed by atoms with van der Waals surface area (Å²) in [5.41, 5.74) is -4.85. The summed E-state index contributed by atoms with van der Waals surface area (Å²) in [6.07, 6.45) is 3.21. The summed E-state index contributed by atoms with van der Waals surface area (Å²) >= 11 is 0.901. The molecule has 0 aromatic heterocycles. The van der Waals surface area contributed by atoms with Gasteiger partial charge in [0, 0.05) is 30.8 Å². The van der Waals surface area contributed by atoms with Crippen molar-refractivity contribution in [1.82, 2.24) is 0 Å². The second-order valence-electron chi connectivity index (χ2n) is 11.9. The number of hydrogen-bond donors (Lipinski definition) is 1. The summed E-state index contributed by atoms with van der Waals surface area (Å²) in [5.74, 6) is 2.49. The zero-order valence-electron chi connectivity index (χ0n) is 24.6. The van der Waals surface area contributed by atoms with Gasteiger partial charge < -0.3 is 19.3 Å². The van der Waals surface area contributed by atoms with E-state index in [1.165, 1.54) is 19.3 Å². The van der Waals surface area contributed by atoms with Crippen LogP contribution in [0, 0.1) is 35.0 Å². The number of methoxy groups -OCH3 is 1. The van der Waals surface area contributed by atoms with E-state index in [-0.39, 0.29) is 61.6 Å². The summed E-state index contributed by atoms with van der Waals surface area (Å²) in [5, 5.41) is 10.9. The standard InChI is InChI=1S/C32H40F2O7S/c1-5-31(34)24(18-25(33)21-10-8-11-22(35)17-21)23-16-20(2)32(30(23,3)19-27(31)36,29(38)42-15-7-6-13-39-4)41-28(37)26-12-9-14-40-26/h8,11-12,17,20,23-25,27,36H,5,9-10,13-16,18-19H2,1-4H3/t20-,23?,24?,25+,27?,30?,31+,32+/m1/s1. The van der Waals surface area contributed by atoms with Gasteiger partial charge in [0.1, 0.15) is 18.4 Å². The lowest BCUT2D eigenvalue weighted by Crippen LogP contribution is -2.65. The lowest BCUT2D eigenvalue weighted by atomic mass is 9.53. The Morgan fingerprint density at radius 2 is 2.10 bits per heavy atom. The number of halogens is 2. The first-order valence-electron chi connectivity index (χ1n) is 14.5. The van der Waals surface area contributed by atoms with Crippen molar-refractivity contribution in [2.45, 2.75) is 82.8 Å². The maximum Gasteiger partial charge on any atom is 0.374 e. The highest BCUT2D eigenvalue weighted by Gasteiger charge is 2.74. The number of ketones is 1. The van der Waals surface area contributed by atoms with Crippen LogP contribution in [0.15, 0.2) is 35.6 Å². The molecule has 230 valence electrons. The van der Waals surface area contributed by atoms with Crippen molar-refractivity contribution in [2.75, 3.05) is 26.1 Å². The van der Waals surface area contributed by atoms with E-state index < -0.39 is 57.8 Å². The van der Waals surface area contributed by atoms with Crippen molar-refractivity contribution in [3.8, 4) is 11.8 Å². The molecule has 3 aliphatic carbocycles. The number of allylic oxidation sites excluding steroid dienone is 4. The number of aliphatic hydroxyl groups excluding tert-OH is 1. The summed E-state index contributed by atoms with van der Waals surface area (Å²) < 4.78 is 49.2. The summed E-state index contributed by atoms with van der Waals surface area (Å²) in [7, 11) is 1.51. The molecule has 0 bridgehead atoms. The Hall–Kier alpha value is -2.48. The van der Waals surface area contributed by atoms with Gasteiger partial charge in [-0.1, -0.05) is 50.4 Å². The largest absolute Gasteiger partial charge is 0.486 e. The summed E-state index contributed by atoms with van der Waals surface area (Å²) in [6, 6.07) is 0. The molecule has 42 heavy (non-hydrogen) atoms. The maximum atomic E-state index is 16.8. The number of carbonyl (C=O) groups is 3. The molecule has 10 heteroatoms. The number of ether oxygens (including phenoxy) is 3. The Morgan fingerprint density at radius 1 is 1.33 bits per heavy atom. The molecule has 8 atom stereocenters. The molecule has 2 saturated carbocycles. The van der Waals surface area contributed by atoms with Crippen LogP contribution in [0.2, 0.25) is 0 Å². The summed E-state index contributed by atoms with van der Waals surface area (Å²) in [4.78, 5) is 39.5. The Labute approximate surface area is 250 Å². The van der Waals surface area contributed by atoms with Crippen molar-refractivity contribution in [1.29, 1.82) is 0 Å². The molecule has 7 nitrogen and oxygen atoms in total. The highest BCUT2D eigenvalue weighted by atomic mass is 32.2. The average Bonchev–Trinajstić information content (AvgIpc) is 3.57. The first kappa shape index (κ1) is 32.4. The SMILES string of the molecule is CC[C@@]1(F)C(O)CC2(C)C(C[C@@H](C)[C@]2(OC(=O)C2=CCCO2)C(=O)SCC#CCOC)C1C[C@H](F)C1=CC(=O)C=CC1. The third-order valence-corrected chi connectivity index (χ3v) is 10.5. The fraction of sp³-hybridized carbons (Fsp3) is 0.656. The predicted octanol–water partition coefficient (Wildman–Crippen LogP) is 4.83. The van der Waals surface area contributed by atoms with Crippen LogP contribution in [0.3, 0.4) is 0 Å². The number of thioether (sulfide) groups is 1. The van der Waals surface area contributed by atoms with Gasteiger partial charge in [0.15, 0.2) is 11.4 Å². The Morgan fingerprint density at radius 3 is 2.74 bits per heavy atom. The lowest BCUT2D eigenvalue weighted by molar-refractivity contribution is -0.208. The third-order valence-electron chi connectivity index (χ3n) is 9.69. The molecule has 0 saturated heterocycles. The van der Waals surface area contributed by atoms with Gasteiger partial charge in [0.25, 0.3) is 0 Å². The van der Waals surface area contributed by atoms with Gasteiger partial charge in [-0.2, -0.15) is 0 Å². The normalized spacial score (nSPS) is 36.2. The maximum absolute atomic E-state index is 16.8. The fourth-order valence-electron chi connectivity index (χ4n) is 7.59. The quantitative estimate of drug-likeness (QED) is 0.295. The molecule has 0 spiro atoms. The predicted molar refractivity (Wildman–Crippen MR) is 155 cm³/mol. The number of fused-ring (bicyclic) bond motifs is 1. The Bertz CT molecular complexity index is 1230. The first-order valence-corrected chi connectivity index (χ1v) is 15.5. The third kappa shape index (κ3) is 5.72. The second kappa shape index (κ2) is 13.0. The van der Waals surface area contributed by atoms with Crippen LogP contribution in [-0.4, -0.2) is 71.6 Å². The van der Waals surface area contributed by atoms with Gasteiger partial charge >= 0.3 is 5.97 Å². The van der Waals surface area contributed by atoms with Crippen LogP contribution in [0.1, 0.15) is 59.3 Å². The number of aliphatic hydroxyl groups is 1. The van der Waals surface area contributed by atoms with E-state index in [4.69, 9.17) is 14.2 Å². The number of carbonyl (C=O) groups excluding carboxylic acids is 3. The van der Waals surface area contributed by atoms with Gasteiger partial charge in [-0.15, -0.1) is 0 Å². The monoisotopic (exact) mass is 606 g/mol. The number of hydrogen-bond acceptors (Lipinski definition) is 8. The van der Waals surface area contributed by atoms with Gasteiger partial charge in [0.05, 0.1) is 18.5 Å². The topological polar surface area (TPSA) is 99.1 Å². The van der Waals surface area contributed by atoms with Crippen molar-refractivity contribution < 1.29 is 42.5 Å². The van der Waals surface area contributed by atoms with Gasteiger partial charge in [0.2, 0.25) is 10.9 Å². The minimum atomic E-state index is -2.14. The van der Waals surface area contributed by atoms with E-state index in [0.29, 0.717) is 13.0 Å². The van der Waals surface area contributed by atoms with Crippen LogP contribution in [0.25, 0.3) is 0 Å². The van der Waals surface area contributed by atoms with Crippen molar-refractivity contribution >= 4 is 28.6 Å². The zero-order chi connectivity index (χ0) is 30.7. The molecular formula is C32H40F2O7S. The van der Waals surface area contributed by atoms with E-state index >= 15 is 8.78 Å². The van der Waals surface area contributed by atoms with Crippen LogP contribution >= 0.6 is 11.8 Å². The van der Waals surface area contributed by atoms with Crippen LogP contribution < -0.4 is 0 Å². The van der Waals surface area contributed by atoms with Crippen molar-refractivity contribution in [3.05, 3.63) is 35.6 Å². The lowest BCUT2D eigenvalue weighted by Gasteiger charge is -2.56. The van der Waals surface area contributed by atoms with E-state index in [9.17, 15) is 19.5 Å². The molecule has 1 N–H and O–H groups in total. The first-order chi connectivity index (χ1) is 19.9. The molecule has 1 aliphatic heterocycles. The van der Waals surface area contributed by atoms with Gasteiger partial charge in [-0.05, 0) is 61.8 Å². The molecule has 4 aliphatic rings. The minimum Gasteiger partial charge on any atom is -0.486 e. The van der Waals surface area contributed by atoms with E-state index in [1.807, 2.05) is 0 Å². The van der Waals surface area contributed by atoms with Crippen LogP contribution in [-0.2, 0) is 28.6 Å². The minimum absolute atomic E-state index is 0.0124.